The van der Waals surface area contributed by atoms with Crippen molar-refractivity contribution in [1.82, 2.24) is 5.32 Å². The molecule has 1 nitrogen and oxygen atoms in total. The lowest BCUT2D eigenvalue weighted by Crippen LogP contribution is -2.33. The number of rotatable bonds is 2. The summed E-state index contributed by atoms with van der Waals surface area (Å²) in [5.74, 6) is 0.694. The third-order valence-electron chi connectivity index (χ3n) is 5.61. The fraction of sp³-hybridized carbons (Fsp3) is 0.636. The normalized spacial score (nSPS) is 24.3. The zero-order valence-electron chi connectivity index (χ0n) is 15.6. The maximum atomic E-state index is 3.44. The van der Waals surface area contributed by atoms with Crippen LogP contribution in [0.15, 0.2) is 24.3 Å². The minimum Gasteiger partial charge on any atom is -0.313 e. The molecule has 0 spiro atoms. The lowest BCUT2D eigenvalue weighted by Gasteiger charge is -2.45. The number of benzene rings is 1. The number of hydrogen-bond donors (Lipinski definition) is 1. The molecule has 1 heterocycles. The first-order valence-electron chi connectivity index (χ1n) is 9.27. The lowest BCUT2D eigenvalue weighted by atomic mass is 9.59. The fourth-order valence-electron chi connectivity index (χ4n) is 5.25. The summed E-state index contributed by atoms with van der Waals surface area (Å²) in [4.78, 5) is 0. The van der Waals surface area contributed by atoms with E-state index < -0.39 is 0 Å². The third kappa shape index (κ3) is 3.88. The third-order valence-corrected chi connectivity index (χ3v) is 5.61. The van der Waals surface area contributed by atoms with Crippen LogP contribution in [0.2, 0.25) is 0 Å². The van der Waals surface area contributed by atoms with E-state index in [2.05, 4.69) is 64.2 Å². The van der Waals surface area contributed by atoms with Gasteiger partial charge in [0, 0.05) is 6.54 Å². The predicted molar refractivity (Wildman–Crippen MR) is 101 cm³/mol. The zero-order chi connectivity index (χ0) is 16.7. The molecule has 1 saturated carbocycles. The minimum atomic E-state index is 0.440. The van der Waals surface area contributed by atoms with E-state index in [1.807, 2.05) is 0 Å². The molecule has 1 N–H and O–H groups in total. The van der Waals surface area contributed by atoms with E-state index in [9.17, 15) is 0 Å². The van der Waals surface area contributed by atoms with Gasteiger partial charge in [0.1, 0.15) is 0 Å². The molecule has 0 saturated heterocycles. The van der Waals surface area contributed by atoms with Gasteiger partial charge in [0.25, 0.3) is 0 Å². The zero-order valence-corrected chi connectivity index (χ0v) is 15.6. The fourth-order valence-corrected chi connectivity index (χ4v) is 5.25. The average molecular weight is 312 g/mol. The summed E-state index contributed by atoms with van der Waals surface area (Å²) in [5, 5.41) is 3.44. The molecule has 1 heteroatoms. The first-order valence-corrected chi connectivity index (χ1v) is 9.27. The van der Waals surface area contributed by atoms with Gasteiger partial charge >= 0.3 is 0 Å². The van der Waals surface area contributed by atoms with E-state index in [0.717, 1.165) is 19.5 Å². The highest BCUT2D eigenvalue weighted by molar-refractivity contribution is 5.70. The van der Waals surface area contributed by atoms with Gasteiger partial charge in [-0.2, -0.15) is 0 Å². The van der Waals surface area contributed by atoms with E-state index >= 15 is 0 Å². The van der Waals surface area contributed by atoms with Gasteiger partial charge in [0.15, 0.2) is 0 Å². The Morgan fingerprint density at radius 3 is 2.35 bits per heavy atom. The molecule has 1 aromatic rings. The van der Waals surface area contributed by atoms with Gasteiger partial charge in [-0.05, 0) is 72.6 Å². The first-order chi connectivity index (χ1) is 10.8. The van der Waals surface area contributed by atoms with E-state index in [-0.39, 0.29) is 0 Å². The SMILES string of the molecule is Cc1ccc(C2=CCNCC2)c(C2CC(C)(C)CC(C)(C)C2)c1. The first kappa shape index (κ1) is 16.8. The molecule has 23 heavy (non-hydrogen) atoms. The van der Waals surface area contributed by atoms with Crippen LogP contribution in [-0.2, 0) is 0 Å². The smallest absolute Gasteiger partial charge is 0.0140 e. The van der Waals surface area contributed by atoms with Crippen molar-refractivity contribution >= 4 is 5.57 Å². The van der Waals surface area contributed by atoms with Crippen molar-refractivity contribution in [2.24, 2.45) is 10.8 Å². The van der Waals surface area contributed by atoms with Crippen LogP contribution in [0.25, 0.3) is 5.57 Å². The topological polar surface area (TPSA) is 12.0 Å². The van der Waals surface area contributed by atoms with Crippen molar-refractivity contribution in [3.63, 3.8) is 0 Å². The molecular formula is C22H33N. The molecule has 0 bridgehead atoms. The molecular weight excluding hydrogens is 278 g/mol. The molecule has 0 aromatic heterocycles. The Bertz CT molecular complexity index is 590. The molecule has 1 aliphatic carbocycles. The van der Waals surface area contributed by atoms with Crippen LogP contribution in [0.4, 0.5) is 0 Å². The van der Waals surface area contributed by atoms with Gasteiger partial charge in [0.05, 0.1) is 0 Å². The van der Waals surface area contributed by atoms with Gasteiger partial charge in [0.2, 0.25) is 0 Å². The quantitative estimate of drug-likeness (QED) is 0.739. The number of nitrogens with one attached hydrogen (secondary N) is 1. The summed E-state index contributed by atoms with van der Waals surface area (Å²) < 4.78 is 0. The summed E-state index contributed by atoms with van der Waals surface area (Å²) in [6.45, 7) is 14.2. The lowest BCUT2D eigenvalue weighted by molar-refractivity contribution is 0.0968. The van der Waals surface area contributed by atoms with Gasteiger partial charge in [-0.15, -0.1) is 0 Å². The van der Waals surface area contributed by atoms with Gasteiger partial charge in [-0.1, -0.05) is 57.5 Å². The molecule has 2 aliphatic rings. The summed E-state index contributed by atoms with van der Waals surface area (Å²) in [7, 11) is 0. The van der Waals surface area contributed by atoms with Crippen molar-refractivity contribution < 1.29 is 0 Å². The molecule has 0 amide bonds. The Labute approximate surface area is 142 Å². The van der Waals surface area contributed by atoms with Crippen LogP contribution in [-0.4, -0.2) is 13.1 Å². The van der Waals surface area contributed by atoms with Crippen LogP contribution in [0.5, 0.6) is 0 Å². The van der Waals surface area contributed by atoms with Crippen LogP contribution in [0.3, 0.4) is 0 Å². The highest BCUT2D eigenvalue weighted by Crippen LogP contribution is 2.52. The summed E-state index contributed by atoms with van der Waals surface area (Å²) in [5.41, 5.74) is 6.97. The maximum absolute atomic E-state index is 3.44. The average Bonchev–Trinajstić information content (AvgIpc) is 2.45. The molecule has 1 fully saturated rings. The molecule has 0 radical (unpaired) electrons. The maximum Gasteiger partial charge on any atom is 0.0140 e. The molecule has 1 aromatic carbocycles. The Kier molecular flexibility index (Phi) is 4.44. The molecule has 0 atom stereocenters. The Morgan fingerprint density at radius 2 is 1.74 bits per heavy atom. The summed E-state index contributed by atoms with van der Waals surface area (Å²) >= 11 is 0. The molecule has 1 aliphatic heterocycles. The second kappa shape index (κ2) is 6.09. The minimum absolute atomic E-state index is 0.440. The molecule has 3 rings (SSSR count). The van der Waals surface area contributed by atoms with E-state index in [1.165, 1.54) is 30.4 Å². The van der Waals surface area contributed by atoms with Crippen LogP contribution in [0, 0.1) is 17.8 Å². The largest absolute Gasteiger partial charge is 0.313 e. The summed E-state index contributed by atoms with van der Waals surface area (Å²) in [6, 6.07) is 7.15. The standard InChI is InChI=1S/C22H33N/c1-16-6-7-19(17-8-10-23-11-9-17)20(12-16)18-13-21(2,3)15-22(4,5)14-18/h6-8,12,18,23H,9-11,13-15H2,1-5H3. The van der Waals surface area contributed by atoms with Crippen molar-refractivity contribution in [1.29, 1.82) is 0 Å². The van der Waals surface area contributed by atoms with Crippen LogP contribution >= 0.6 is 0 Å². The van der Waals surface area contributed by atoms with Crippen molar-refractivity contribution in [2.45, 2.75) is 66.2 Å². The van der Waals surface area contributed by atoms with Crippen molar-refractivity contribution in [3.8, 4) is 0 Å². The van der Waals surface area contributed by atoms with Gasteiger partial charge < -0.3 is 5.32 Å². The monoisotopic (exact) mass is 311 g/mol. The van der Waals surface area contributed by atoms with Crippen LogP contribution < -0.4 is 5.32 Å². The Hall–Kier alpha value is -1.08. The molecule has 0 unspecified atom stereocenters. The second-order valence-electron chi connectivity index (χ2n) is 9.38. The number of aryl methyl sites for hydroxylation is 1. The van der Waals surface area contributed by atoms with Gasteiger partial charge in [-0.3, -0.25) is 0 Å². The van der Waals surface area contributed by atoms with E-state index in [1.54, 1.807) is 11.1 Å². The van der Waals surface area contributed by atoms with Crippen molar-refractivity contribution in [2.75, 3.05) is 13.1 Å². The second-order valence-corrected chi connectivity index (χ2v) is 9.38. The predicted octanol–water partition coefficient (Wildman–Crippen LogP) is 5.69. The summed E-state index contributed by atoms with van der Waals surface area (Å²) in [6.07, 6.45) is 7.54. The van der Waals surface area contributed by atoms with E-state index in [0.29, 0.717) is 16.7 Å². The highest BCUT2D eigenvalue weighted by atomic mass is 14.8. The van der Waals surface area contributed by atoms with Crippen molar-refractivity contribution in [3.05, 3.63) is 41.0 Å². The number of hydrogen-bond acceptors (Lipinski definition) is 1. The van der Waals surface area contributed by atoms with Gasteiger partial charge in [-0.25, -0.2) is 0 Å². The Balaban J connectivity index is 2.01. The van der Waals surface area contributed by atoms with E-state index in [4.69, 9.17) is 0 Å². The highest BCUT2D eigenvalue weighted by Gasteiger charge is 2.39. The molecule has 126 valence electrons. The Morgan fingerprint density at radius 1 is 1.04 bits per heavy atom. The van der Waals surface area contributed by atoms with Crippen LogP contribution in [0.1, 0.15) is 76.0 Å².